The fraction of sp³-hybridized carbons (Fsp3) is 0.385. The van der Waals surface area contributed by atoms with Gasteiger partial charge in [-0.15, -0.1) is 5.10 Å². The van der Waals surface area contributed by atoms with Crippen LogP contribution in [0.2, 0.25) is 0 Å². The summed E-state index contributed by atoms with van der Waals surface area (Å²) in [5.41, 5.74) is 2.54. The SMILES string of the molecule is O=C(N/N=C1/O[C@@H]([C@H](O)CO)[C@H](O)[C@H]1O)c1ccccc1. The predicted molar refractivity (Wildman–Crippen MR) is 71.3 cm³/mol. The lowest BCUT2D eigenvalue weighted by molar-refractivity contribution is -0.0590. The maximum Gasteiger partial charge on any atom is 0.271 e. The van der Waals surface area contributed by atoms with Crippen LogP contribution in [0.1, 0.15) is 10.4 Å². The molecule has 0 bridgehead atoms. The third-order valence-electron chi connectivity index (χ3n) is 3.04. The molecule has 8 heteroatoms. The van der Waals surface area contributed by atoms with E-state index >= 15 is 0 Å². The minimum atomic E-state index is -1.49. The van der Waals surface area contributed by atoms with Crippen molar-refractivity contribution in [2.45, 2.75) is 24.4 Å². The topological polar surface area (TPSA) is 132 Å². The Kier molecular flexibility index (Phi) is 4.86. The van der Waals surface area contributed by atoms with Gasteiger partial charge >= 0.3 is 0 Å². The van der Waals surface area contributed by atoms with Crippen LogP contribution in [-0.4, -0.2) is 63.3 Å². The second kappa shape index (κ2) is 6.64. The van der Waals surface area contributed by atoms with E-state index in [1.807, 2.05) is 0 Å². The fourth-order valence-electron chi connectivity index (χ4n) is 1.87. The lowest BCUT2D eigenvalue weighted by Gasteiger charge is -2.17. The summed E-state index contributed by atoms with van der Waals surface area (Å²) < 4.78 is 5.05. The monoisotopic (exact) mass is 296 g/mol. The molecule has 0 spiro atoms. The molecule has 0 aromatic heterocycles. The van der Waals surface area contributed by atoms with Crippen molar-refractivity contribution in [3.8, 4) is 0 Å². The van der Waals surface area contributed by atoms with Gasteiger partial charge in [0, 0.05) is 5.56 Å². The minimum absolute atomic E-state index is 0.329. The first kappa shape index (κ1) is 15.4. The molecule has 0 unspecified atom stereocenters. The summed E-state index contributed by atoms with van der Waals surface area (Å²) in [6, 6.07) is 8.27. The Labute approximate surface area is 120 Å². The molecule has 1 fully saturated rings. The third-order valence-corrected chi connectivity index (χ3v) is 3.04. The number of carbonyl (C=O) groups excluding carboxylic acids is 1. The van der Waals surface area contributed by atoms with Crippen molar-refractivity contribution in [3.05, 3.63) is 35.9 Å². The number of hydrazone groups is 1. The van der Waals surface area contributed by atoms with Crippen LogP contribution in [0.3, 0.4) is 0 Å². The first-order valence-electron chi connectivity index (χ1n) is 6.29. The zero-order valence-electron chi connectivity index (χ0n) is 11.0. The molecule has 1 amide bonds. The molecule has 5 N–H and O–H groups in total. The van der Waals surface area contributed by atoms with Crippen molar-refractivity contribution >= 4 is 11.8 Å². The zero-order chi connectivity index (χ0) is 15.4. The smallest absolute Gasteiger partial charge is 0.271 e. The van der Waals surface area contributed by atoms with Crippen molar-refractivity contribution in [2.24, 2.45) is 5.10 Å². The number of aliphatic hydroxyl groups is 4. The maximum absolute atomic E-state index is 11.8. The highest BCUT2D eigenvalue weighted by atomic mass is 16.6. The van der Waals surface area contributed by atoms with Crippen molar-refractivity contribution in [1.29, 1.82) is 0 Å². The average Bonchev–Trinajstić information content (AvgIpc) is 2.81. The number of hydrogen-bond donors (Lipinski definition) is 5. The summed E-state index contributed by atoms with van der Waals surface area (Å²) >= 11 is 0. The molecule has 0 saturated carbocycles. The summed E-state index contributed by atoms with van der Waals surface area (Å²) in [6.45, 7) is -0.641. The van der Waals surface area contributed by atoms with Crippen LogP contribution in [0.15, 0.2) is 35.4 Å². The van der Waals surface area contributed by atoms with Gasteiger partial charge in [0.2, 0.25) is 5.90 Å². The summed E-state index contributed by atoms with van der Waals surface area (Å²) in [5.74, 6) is -0.844. The standard InChI is InChI=1S/C13H16N2O6/c16-6-8(17)11-9(18)10(19)13(21-11)15-14-12(20)7-4-2-1-3-5-7/h1-5,8-11,16-19H,6H2,(H,14,20)/b15-13+/t8-,9-,10-,11+/m1/s1. The van der Waals surface area contributed by atoms with E-state index in [4.69, 9.17) is 9.84 Å². The van der Waals surface area contributed by atoms with E-state index in [0.29, 0.717) is 5.56 Å². The first-order valence-corrected chi connectivity index (χ1v) is 6.29. The number of hydrogen-bond acceptors (Lipinski definition) is 7. The Morgan fingerprint density at radius 3 is 2.62 bits per heavy atom. The Bertz CT molecular complexity index is 521. The van der Waals surface area contributed by atoms with Gasteiger partial charge in [-0.2, -0.15) is 0 Å². The van der Waals surface area contributed by atoms with Gasteiger partial charge in [-0.3, -0.25) is 4.79 Å². The number of nitrogens with one attached hydrogen (secondary N) is 1. The van der Waals surface area contributed by atoms with Gasteiger partial charge in [-0.05, 0) is 12.1 Å². The Hall–Kier alpha value is -2.00. The van der Waals surface area contributed by atoms with Crippen molar-refractivity contribution in [1.82, 2.24) is 5.43 Å². The molecule has 1 aliphatic rings. The van der Waals surface area contributed by atoms with Gasteiger partial charge in [0.25, 0.3) is 5.91 Å². The highest BCUT2D eigenvalue weighted by molar-refractivity contribution is 5.95. The molecule has 21 heavy (non-hydrogen) atoms. The van der Waals surface area contributed by atoms with Crippen LogP contribution in [0.4, 0.5) is 0 Å². The van der Waals surface area contributed by atoms with Crippen LogP contribution in [0.25, 0.3) is 0 Å². The number of benzene rings is 1. The molecule has 2 rings (SSSR count). The van der Waals surface area contributed by atoms with Gasteiger partial charge in [-0.25, -0.2) is 5.43 Å². The van der Waals surface area contributed by atoms with Gasteiger partial charge in [0.05, 0.1) is 6.61 Å². The van der Waals surface area contributed by atoms with E-state index in [2.05, 4.69) is 10.5 Å². The molecule has 1 saturated heterocycles. The quantitative estimate of drug-likeness (QED) is 0.417. The van der Waals surface area contributed by atoms with Crippen molar-refractivity contribution in [3.63, 3.8) is 0 Å². The molecule has 1 aliphatic heterocycles. The number of nitrogens with zero attached hydrogens (tertiary/aromatic N) is 1. The molecule has 0 radical (unpaired) electrons. The lowest BCUT2D eigenvalue weighted by atomic mass is 10.1. The van der Waals surface area contributed by atoms with Gasteiger partial charge in [0.1, 0.15) is 12.2 Å². The van der Waals surface area contributed by atoms with Crippen molar-refractivity contribution in [2.75, 3.05) is 6.61 Å². The third kappa shape index (κ3) is 3.37. The molecule has 0 aliphatic carbocycles. The highest BCUT2D eigenvalue weighted by Crippen LogP contribution is 2.19. The Balaban J connectivity index is 2.03. The second-order valence-corrected chi connectivity index (χ2v) is 4.52. The predicted octanol–water partition coefficient (Wildman–Crippen LogP) is -1.80. The molecule has 8 nitrogen and oxygen atoms in total. The summed E-state index contributed by atoms with van der Waals surface area (Å²) in [4.78, 5) is 11.8. The molecule has 1 heterocycles. The number of amides is 1. The van der Waals surface area contributed by atoms with Crippen LogP contribution in [-0.2, 0) is 4.74 Å². The first-order chi connectivity index (χ1) is 10.0. The highest BCUT2D eigenvalue weighted by Gasteiger charge is 2.44. The van der Waals surface area contributed by atoms with E-state index < -0.39 is 36.9 Å². The molecule has 1 aromatic rings. The molecule has 1 aromatic carbocycles. The Morgan fingerprint density at radius 1 is 1.33 bits per heavy atom. The zero-order valence-corrected chi connectivity index (χ0v) is 11.0. The molecular formula is C13H16N2O6. The van der Waals surface area contributed by atoms with E-state index in [-0.39, 0.29) is 5.90 Å². The van der Waals surface area contributed by atoms with Gasteiger partial charge in [0.15, 0.2) is 12.2 Å². The van der Waals surface area contributed by atoms with E-state index in [0.717, 1.165) is 0 Å². The number of aliphatic hydroxyl groups excluding tert-OH is 4. The van der Waals surface area contributed by atoms with Gasteiger partial charge < -0.3 is 25.2 Å². The largest absolute Gasteiger partial charge is 0.469 e. The second-order valence-electron chi connectivity index (χ2n) is 4.52. The van der Waals surface area contributed by atoms with E-state index in [1.54, 1.807) is 30.3 Å². The molecular weight excluding hydrogens is 280 g/mol. The van der Waals surface area contributed by atoms with Gasteiger partial charge in [-0.1, -0.05) is 18.2 Å². The van der Waals surface area contributed by atoms with E-state index in [9.17, 15) is 20.1 Å². The normalized spacial score (nSPS) is 28.2. The number of carbonyl (C=O) groups is 1. The maximum atomic E-state index is 11.8. The molecule has 114 valence electrons. The van der Waals surface area contributed by atoms with Crippen molar-refractivity contribution < 1.29 is 30.0 Å². The number of rotatable bonds is 4. The van der Waals surface area contributed by atoms with E-state index in [1.165, 1.54) is 0 Å². The Morgan fingerprint density at radius 2 is 2.00 bits per heavy atom. The lowest BCUT2D eigenvalue weighted by Crippen LogP contribution is -2.40. The van der Waals surface area contributed by atoms with Crippen LogP contribution in [0.5, 0.6) is 0 Å². The van der Waals surface area contributed by atoms with Crippen LogP contribution < -0.4 is 5.43 Å². The fourth-order valence-corrected chi connectivity index (χ4v) is 1.87. The molecule has 4 atom stereocenters. The van der Waals surface area contributed by atoms with Crippen LogP contribution in [0, 0.1) is 0 Å². The summed E-state index contributed by atoms with van der Waals surface area (Å²) in [6.07, 6.45) is -5.52. The minimum Gasteiger partial charge on any atom is -0.469 e. The number of ether oxygens (including phenoxy) is 1. The average molecular weight is 296 g/mol. The summed E-state index contributed by atoms with van der Waals surface area (Å²) in [7, 11) is 0. The summed E-state index contributed by atoms with van der Waals surface area (Å²) in [5, 5.41) is 41.2. The van der Waals surface area contributed by atoms with Crippen LogP contribution >= 0.6 is 0 Å².